The summed E-state index contributed by atoms with van der Waals surface area (Å²) >= 11 is 0. The smallest absolute Gasteiger partial charge is 0.406 e. The Morgan fingerprint density at radius 2 is 1.62 bits per heavy atom. The van der Waals surface area contributed by atoms with Crippen LogP contribution >= 0.6 is 0 Å². The van der Waals surface area contributed by atoms with Gasteiger partial charge in [-0.15, -0.1) is 13.2 Å². The van der Waals surface area contributed by atoms with E-state index in [1.54, 1.807) is 12.1 Å². The predicted octanol–water partition coefficient (Wildman–Crippen LogP) is 3.92. The van der Waals surface area contributed by atoms with Gasteiger partial charge in [0, 0.05) is 25.0 Å². The van der Waals surface area contributed by atoms with Crippen molar-refractivity contribution in [2.75, 3.05) is 13.2 Å². The molecule has 29 heavy (non-hydrogen) atoms. The van der Waals surface area contributed by atoms with Gasteiger partial charge in [0.25, 0.3) is 0 Å². The van der Waals surface area contributed by atoms with E-state index in [0.29, 0.717) is 31.6 Å². The van der Waals surface area contributed by atoms with Gasteiger partial charge in [0.2, 0.25) is 0 Å². The van der Waals surface area contributed by atoms with E-state index in [9.17, 15) is 18.3 Å². The van der Waals surface area contributed by atoms with E-state index in [1.807, 2.05) is 18.2 Å². The van der Waals surface area contributed by atoms with Crippen molar-refractivity contribution >= 4 is 0 Å². The maximum absolute atomic E-state index is 12.7. The number of halogens is 3. The van der Waals surface area contributed by atoms with Gasteiger partial charge in [-0.25, -0.2) is 0 Å². The second-order valence-corrected chi connectivity index (χ2v) is 7.97. The monoisotopic (exact) mass is 407 g/mol. The van der Waals surface area contributed by atoms with Crippen molar-refractivity contribution in [3.63, 3.8) is 0 Å². The van der Waals surface area contributed by atoms with Crippen LogP contribution in [0, 0.1) is 0 Å². The molecule has 4 rings (SSSR count). The number of aliphatic hydroxyl groups is 1. The molecule has 0 aromatic heterocycles. The van der Waals surface area contributed by atoms with Crippen LogP contribution < -0.4 is 4.74 Å². The number of hydrogen-bond acceptors (Lipinski definition) is 4. The first kappa shape index (κ1) is 20.2. The van der Waals surface area contributed by atoms with Crippen molar-refractivity contribution in [1.82, 2.24) is 4.90 Å². The molecule has 0 aliphatic carbocycles. The minimum atomic E-state index is -4.76. The summed E-state index contributed by atoms with van der Waals surface area (Å²) in [6.07, 6.45) is -3.76. The summed E-state index contributed by atoms with van der Waals surface area (Å²) in [6.45, 7) is 1.78. The molecule has 2 heterocycles. The van der Waals surface area contributed by atoms with Crippen molar-refractivity contribution < 1.29 is 27.8 Å². The van der Waals surface area contributed by atoms with Gasteiger partial charge in [-0.3, -0.25) is 4.90 Å². The Kier molecular flexibility index (Phi) is 5.55. The van der Waals surface area contributed by atoms with Crippen molar-refractivity contribution in [3.8, 4) is 5.75 Å². The first-order valence-corrected chi connectivity index (χ1v) is 9.75. The minimum absolute atomic E-state index is 0.0170. The molecular formula is C22H24F3NO3. The quantitative estimate of drug-likeness (QED) is 0.816. The molecule has 1 N–H and O–H groups in total. The lowest BCUT2D eigenvalue weighted by Gasteiger charge is -2.52. The van der Waals surface area contributed by atoms with Crippen LogP contribution in [-0.2, 0) is 17.7 Å². The molecule has 0 spiro atoms. The van der Waals surface area contributed by atoms with Gasteiger partial charge in [0.15, 0.2) is 0 Å². The number of benzene rings is 2. The second-order valence-electron chi connectivity index (χ2n) is 7.97. The first-order valence-electron chi connectivity index (χ1n) is 9.75. The Labute approximate surface area is 167 Å². The van der Waals surface area contributed by atoms with E-state index < -0.39 is 12.0 Å². The fourth-order valence-corrected chi connectivity index (χ4v) is 4.57. The highest BCUT2D eigenvalue weighted by Crippen LogP contribution is 2.39. The maximum atomic E-state index is 12.7. The molecule has 2 bridgehead atoms. The van der Waals surface area contributed by atoms with Crippen LogP contribution in [-0.4, -0.2) is 47.3 Å². The third-order valence-corrected chi connectivity index (χ3v) is 5.72. The van der Waals surface area contributed by atoms with Gasteiger partial charge < -0.3 is 14.6 Å². The number of morpholine rings is 1. The SMILES string of the molecule is OC1(Cc2ccccc2OC(F)(F)F)CC2COCC(C1)N2Cc1ccccc1. The van der Waals surface area contributed by atoms with Gasteiger partial charge in [0.1, 0.15) is 5.75 Å². The molecule has 156 valence electrons. The molecule has 2 saturated heterocycles. The number of rotatable bonds is 5. The summed E-state index contributed by atoms with van der Waals surface area (Å²) in [5.41, 5.74) is 0.457. The van der Waals surface area contributed by atoms with Crippen LogP contribution in [0.4, 0.5) is 13.2 Å². The number of piperidine rings is 1. The van der Waals surface area contributed by atoms with Crippen molar-refractivity contribution in [2.24, 2.45) is 0 Å². The molecule has 0 saturated carbocycles. The normalized spacial score (nSPS) is 27.6. The lowest BCUT2D eigenvalue weighted by Crippen LogP contribution is -2.61. The van der Waals surface area contributed by atoms with Crippen LogP contribution in [0.25, 0.3) is 0 Å². The van der Waals surface area contributed by atoms with Gasteiger partial charge in [-0.1, -0.05) is 48.5 Å². The minimum Gasteiger partial charge on any atom is -0.406 e. The zero-order valence-electron chi connectivity index (χ0n) is 15.9. The number of hydrogen-bond donors (Lipinski definition) is 1. The van der Waals surface area contributed by atoms with Gasteiger partial charge in [0.05, 0.1) is 18.8 Å². The highest BCUT2D eigenvalue weighted by Gasteiger charge is 2.46. The molecule has 2 aromatic rings. The average Bonchev–Trinajstić information content (AvgIpc) is 2.64. The third-order valence-electron chi connectivity index (χ3n) is 5.72. The van der Waals surface area contributed by atoms with Gasteiger partial charge in [-0.2, -0.15) is 0 Å². The van der Waals surface area contributed by atoms with Crippen LogP contribution in [0.3, 0.4) is 0 Å². The lowest BCUT2D eigenvalue weighted by atomic mass is 9.77. The molecule has 0 amide bonds. The average molecular weight is 407 g/mol. The number of para-hydroxylation sites is 1. The van der Waals surface area contributed by atoms with E-state index in [1.165, 1.54) is 17.7 Å². The van der Waals surface area contributed by atoms with E-state index >= 15 is 0 Å². The lowest BCUT2D eigenvalue weighted by molar-refractivity contribution is -0.275. The summed E-state index contributed by atoms with van der Waals surface area (Å²) in [4.78, 5) is 2.35. The molecule has 2 unspecified atom stereocenters. The Morgan fingerprint density at radius 1 is 1.00 bits per heavy atom. The summed E-state index contributed by atoms with van der Waals surface area (Å²) in [5, 5.41) is 11.3. The Balaban J connectivity index is 1.51. The Bertz CT molecular complexity index is 814. The van der Waals surface area contributed by atoms with E-state index in [-0.39, 0.29) is 24.3 Å². The molecule has 2 aliphatic heterocycles. The first-order chi connectivity index (χ1) is 13.8. The highest BCUT2D eigenvalue weighted by atomic mass is 19.4. The fourth-order valence-electron chi connectivity index (χ4n) is 4.57. The molecule has 2 fully saturated rings. The van der Waals surface area contributed by atoms with Crippen molar-refractivity contribution in [2.45, 2.75) is 49.9 Å². The predicted molar refractivity (Wildman–Crippen MR) is 101 cm³/mol. The van der Waals surface area contributed by atoms with Crippen molar-refractivity contribution in [3.05, 3.63) is 65.7 Å². The molecular weight excluding hydrogens is 383 g/mol. The zero-order chi connectivity index (χ0) is 20.5. The van der Waals surface area contributed by atoms with E-state index in [2.05, 4.69) is 21.8 Å². The van der Waals surface area contributed by atoms with Crippen LogP contribution in [0.5, 0.6) is 5.75 Å². The molecule has 2 aromatic carbocycles. The van der Waals surface area contributed by atoms with Crippen LogP contribution in [0.1, 0.15) is 24.0 Å². The van der Waals surface area contributed by atoms with E-state index in [4.69, 9.17) is 4.74 Å². The Morgan fingerprint density at radius 3 is 2.28 bits per heavy atom. The largest absolute Gasteiger partial charge is 0.573 e. The number of nitrogens with zero attached hydrogens (tertiary/aromatic N) is 1. The molecule has 2 atom stereocenters. The number of ether oxygens (including phenoxy) is 2. The standard InChI is InChI=1S/C22H24F3NO3/c23-22(24,25)29-20-9-5-4-8-17(20)10-21(27)11-18-14-28-15-19(12-21)26(18)13-16-6-2-1-3-7-16/h1-9,18-19,27H,10-15H2. The molecule has 7 heteroatoms. The fraction of sp³-hybridized carbons (Fsp3) is 0.455. The number of fused-ring (bicyclic) bond motifs is 2. The third kappa shape index (κ3) is 4.91. The van der Waals surface area contributed by atoms with Gasteiger partial charge in [-0.05, 0) is 30.0 Å². The molecule has 2 aliphatic rings. The zero-order valence-corrected chi connectivity index (χ0v) is 15.9. The summed E-state index contributed by atoms with van der Waals surface area (Å²) in [5.74, 6) is -0.249. The van der Waals surface area contributed by atoms with Gasteiger partial charge >= 0.3 is 6.36 Å². The highest BCUT2D eigenvalue weighted by molar-refractivity contribution is 5.35. The molecule has 0 radical (unpaired) electrons. The summed E-state index contributed by atoms with van der Waals surface area (Å²) < 4.78 is 48.1. The van der Waals surface area contributed by atoms with Crippen LogP contribution in [0.2, 0.25) is 0 Å². The maximum Gasteiger partial charge on any atom is 0.573 e. The van der Waals surface area contributed by atoms with Crippen molar-refractivity contribution in [1.29, 1.82) is 0 Å². The van der Waals surface area contributed by atoms with Crippen LogP contribution in [0.15, 0.2) is 54.6 Å². The summed E-state index contributed by atoms with van der Waals surface area (Å²) in [6, 6.07) is 16.2. The Hall–Kier alpha value is -2.09. The number of alkyl halides is 3. The topological polar surface area (TPSA) is 41.9 Å². The second kappa shape index (κ2) is 7.97. The molecule has 4 nitrogen and oxygen atoms in total. The summed E-state index contributed by atoms with van der Waals surface area (Å²) in [7, 11) is 0. The van der Waals surface area contributed by atoms with E-state index in [0.717, 1.165) is 6.54 Å².